The van der Waals surface area contributed by atoms with Crippen molar-refractivity contribution in [2.24, 2.45) is 0 Å². The molecule has 2 nitrogen and oxygen atoms in total. The van der Waals surface area contributed by atoms with Crippen LogP contribution in [0.4, 0.5) is 0 Å². The Kier molecular flexibility index (Phi) is 3.12. The van der Waals surface area contributed by atoms with E-state index in [0.29, 0.717) is 0 Å². The van der Waals surface area contributed by atoms with Crippen molar-refractivity contribution in [1.82, 2.24) is 4.98 Å². The monoisotopic (exact) mass is 273 g/mol. The van der Waals surface area contributed by atoms with Crippen molar-refractivity contribution in [2.75, 3.05) is 0 Å². The Bertz CT molecular complexity index is 267. The minimum absolute atomic E-state index is 0.122. The average molecular weight is 272 g/mol. The molecule has 0 saturated heterocycles. The van der Waals surface area contributed by atoms with E-state index in [1.807, 2.05) is 12.1 Å². The molecule has 0 spiro atoms. The number of hydrogen-bond acceptors (Lipinski definition) is 2. The number of aromatic nitrogens is 1. The van der Waals surface area contributed by atoms with Crippen LogP contribution in [0.3, 0.4) is 0 Å². The molecule has 1 N–H and O–H groups in total. The Hall–Kier alpha value is -0.0913. The van der Waals surface area contributed by atoms with Gasteiger partial charge in [-0.2, -0.15) is 0 Å². The predicted octanol–water partition coefficient (Wildman–Crippen LogP) is 1.12. The zero-order valence-corrected chi connectivity index (χ0v) is 10.7. The van der Waals surface area contributed by atoms with Crippen LogP contribution in [0.15, 0.2) is 18.3 Å². The molecule has 3 heteroatoms. The van der Waals surface area contributed by atoms with E-state index >= 15 is 0 Å². The maximum atomic E-state index is 8.92. The fraction of sp³-hybridized carbons (Fsp3) is 0.444. The van der Waals surface area contributed by atoms with Crippen LogP contribution in [-0.2, 0) is 6.61 Å². The van der Waals surface area contributed by atoms with E-state index in [1.54, 1.807) is 6.20 Å². The molecule has 1 heterocycles. The molecule has 1 rings (SSSR count). The van der Waals surface area contributed by atoms with Gasteiger partial charge in [-0.05, 0) is 0 Å². The van der Waals surface area contributed by atoms with Crippen molar-refractivity contribution in [3.05, 3.63) is 23.9 Å². The zero-order chi connectivity index (χ0) is 9.19. The van der Waals surface area contributed by atoms with Crippen molar-refractivity contribution < 1.29 is 5.11 Å². The number of hydrogen-bond donors (Lipinski definition) is 1. The number of nitrogens with zero attached hydrogens (tertiary/aromatic N) is 1. The van der Waals surface area contributed by atoms with E-state index in [9.17, 15) is 0 Å². The van der Waals surface area contributed by atoms with Gasteiger partial charge in [-0.3, -0.25) is 0 Å². The van der Waals surface area contributed by atoms with E-state index < -0.39 is 18.4 Å². The molecule has 0 saturated carbocycles. The molecule has 0 fully saturated rings. The van der Waals surface area contributed by atoms with Gasteiger partial charge in [0.05, 0.1) is 0 Å². The van der Waals surface area contributed by atoms with E-state index in [0.717, 1.165) is 5.56 Å². The first-order valence-corrected chi connectivity index (χ1v) is 14.1. The van der Waals surface area contributed by atoms with Gasteiger partial charge in [0.15, 0.2) is 0 Å². The van der Waals surface area contributed by atoms with Crippen LogP contribution >= 0.6 is 0 Å². The van der Waals surface area contributed by atoms with Gasteiger partial charge in [-0.1, -0.05) is 0 Å². The van der Waals surface area contributed by atoms with Gasteiger partial charge in [0.1, 0.15) is 0 Å². The summed E-state index contributed by atoms with van der Waals surface area (Å²) in [5.41, 5.74) is 0.978. The summed E-state index contributed by atoms with van der Waals surface area (Å²) < 4.78 is 1.23. The Morgan fingerprint density at radius 1 is 1.42 bits per heavy atom. The van der Waals surface area contributed by atoms with Gasteiger partial charge < -0.3 is 0 Å². The van der Waals surface area contributed by atoms with Crippen LogP contribution in [0, 0.1) is 0 Å². The van der Waals surface area contributed by atoms with Crippen molar-refractivity contribution in [3.63, 3.8) is 0 Å². The summed E-state index contributed by atoms with van der Waals surface area (Å²) >= 11 is -2.00. The predicted molar refractivity (Wildman–Crippen MR) is 53.1 cm³/mol. The van der Waals surface area contributed by atoms with Crippen LogP contribution in [0.2, 0.25) is 14.8 Å². The Morgan fingerprint density at radius 2 is 2.08 bits per heavy atom. The Morgan fingerprint density at radius 3 is 2.58 bits per heavy atom. The van der Waals surface area contributed by atoms with Gasteiger partial charge >= 0.3 is 77.5 Å². The molecule has 66 valence electrons. The first-order chi connectivity index (χ1) is 5.54. The fourth-order valence-corrected chi connectivity index (χ4v) is 4.07. The zero-order valence-electron chi connectivity index (χ0n) is 7.83. The molecule has 0 unspecified atom stereocenters. The summed E-state index contributed by atoms with van der Waals surface area (Å²) in [6.07, 6.45) is 1.79. The van der Waals surface area contributed by atoms with Gasteiger partial charge in [0.25, 0.3) is 0 Å². The van der Waals surface area contributed by atoms with Crippen molar-refractivity contribution >= 4 is 22.1 Å². The molecule has 1 aromatic heterocycles. The Balaban J connectivity index is 3.02. The summed E-state index contributed by atoms with van der Waals surface area (Å²) in [6, 6.07) is 3.90. The number of rotatable bonds is 2. The van der Waals surface area contributed by atoms with Crippen LogP contribution in [0.25, 0.3) is 0 Å². The van der Waals surface area contributed by atoms with E-state index in [2.05, 4.69) is 19.8 Å². The van der Waals surface area contributed by atoms with Gasteiger partial charge in [0, 0.05) is 0 Å². The maximum absolute atomic E-state index is 8.92. The second kappa shape index (κ2) is 3.75. The fourth-order valence-electron chi connectivity index (χ4n) is 0.983. The first-order valence-electron chi connectivity index (χ1n) is 4.10. The van der Waals surface area contributed by atoms with Crippen LogP contribution in [0.5, 0.6) is 0 Å². The summed E-state index contributed by atoms with van der Waals surface area (Å²) in [5.74, 6) is 0. The molecular formula is C9H15NOSn. The van der Waals surface area contributed by atoms with Crippen LogP contribution in [0.1, 0.15) is 5.56 Å². The van der Waals surface area contributed by atoms with Crippen molar-refractivity contribution in [2.45, 2.75) is 21.4 Å². The van der Waals surface area contributed by atoms with Gasteiger partial charge in [0.2, 0.25) is 0 Å². The van der Waals surface area contributed by atoms with E-state index in [1.165, 1.54) is 3.71 Å². The average Bonchev–Trinajstić information content (AvgIpc) is 2.03. The molecule has 12 heavy (non-hydrogen) atoms. The summed E-state index contributed by atoms with van der Waals surface area (Å²) in [7, 11) is 0. The van der Waals surface area contributed by atoms with Crippen LogP contribution < -0.4 is 3.71 Å². The molecule has 1 aromatic rings. The second-order valence-electron chi connectivity index (χ2n) is 3.96. The third-order valence-corrected chi connectivity index (χ3v) is 6.94. The molecule has 0 bridgehead atoms. The second-order valence-corrected chi connectivity index (χ2v) is 18.3. The molecule has 0 amide bonds. The summed E-state index contributed by atoms with van der Waals surface area (Å²) in [6.45, 7) is 0.122. The molecule has 0 radical (unpaired) electrons. The van der Waals surface area contributed by atoms with E-state index in [4.69, 9.17) is 5.11 Å². The van der Waals surface area contributed by atoms with Crippen molar-refractivity contribution in [3.8, 4) is 0 Å². The third kappa shape index (κ3) is 2.45. The Labute approximate surface area is 77.5 Å². The number of aliphatic hydroxyl groups is 1. The van der Waals surface area contributed by atoms with Gasteiger partial charge in [-0.25, -0.2) is 0 Å². The topological polar surface area (TPSA) is 33.1 Å². The third-order valence-electron chi connectivity index (χ3n) is 1.78. The minimum atomic E-state index is -2.00. The summed E-state index contributed by atoms with van der Waals surface area (Å²) in [5, 5.41) is 8.92. The number of pyridine rings is 1. The molecule has 0 aromatic carbocycles. The first kappa shape index (κ1) is 9.99. The molecule has 0 atom stereocenters. The number of aliphatic hydroxyl groups excluding tert-OH is 1. The van der Waals surface area contributed by atoms with Crippen molar-refractivity contribution in [1.29, 1.82) is 0 Å². The molecule has 0 aliphatic heterocycles. The SMILES string of the molecule is [CH3][Sn]([CH3])([CH3])[c]1cc(CO)ccn1. The standard InChI is InChI=1S/C6H6NO.3CH3.Sn/c8-5-6-1-3-7-4-2-6;;;;/h1-3,8H,5H2;3*1H3;. The van der Waals surface area contributed by atoms with Crippen LogP contribution in [-0.4, -0.2) is 28.5 Å². The molecule has 0 aliphatic carbocycles. The quantitative estimate of drug-likeness (QED) is 0.818. The van der Waals surface area contributed by atoms with E-state index in [-0.39, 0.29) is 6.61 Å². The normalized spacial score (nSPS) is 11.7. The molecular weight excluding hydrogens is 257 g/mol. The molecule has 0 aliphatic rings. The van der Waals surface area contributed by atoms with Gasteiger partial charge in [-0.15, -0.1) is 0 Å². The summed E-state index contributed by atoms with van der Waals surface area (Å²) in [4.78, 5) is 11.3.